The first-order valence-electron chi connectivity index (χ1n) is 6.50. The van der Waals surface area contributed by atoms with Crippen molar-refractivity contribution in [2.45, 2.75) is 44.2 Å². The molecule has 1 unspecified atom stereocenters. The van der Waals surface area contributed by atoms with Crippen LogP contribution in [0, 0.1) is 0 Å². The number of rotatable bonds is 5. The first-order chi connectivity index (χ1) is 8.81. The quantitative estimate of drug-likeness (QED) is 0.815. The van der Waals surface area contributed by atoms with Gasteiger partial charge < -0.3 is 10.6 Å². The standard InChI is InChI=1S/C15H24N2OS/c1-11(12-6-8-13(19-5)9-7-12)16-10-14(18)17-15(2,3)4/h6-9,11,16H,10H2,1-5H3,(H,17,18). The van der Waals surface area contributed by atoms with E-state index in [9.17, 15) is 4.79 Å². The summed E-state index contributed by atoms with van der Waals surface area (Å²) in [4.78, 5) is 13.0. The Kier molecular flexibility index (Phi) is 5.88. The van der Waals surface area contributed by atoms with Crippen molar-refractivity contribution in [2.75, 3.05) is 12.8 Å². The second kappa shape index (κ2) is 6.96. The molecule has 0 heterocycles. The highest BCUT2D eigenvalue weighted by Gasteiger charge is 2.14. The molecule has 0 aliphatic carbocycles. The predicted octanol–water partition coefficient (Wildman–Crippen LogP) is 2.97. The number of thioether (sulfide) groups is 1. The summed E-state index contributed by atoms with van der Waals surface area (Å²) in [5.74, 6) is 0.0279. The lowest BCUT2D eigenvalue weighted by atomic mass is 10.1. The first-order valence-corrected chi connectivity index (χ1v) is 7.72. The van der Waals surface area contributed by atoms with Gasteiger partial charge in [-0.2, -0.15) is 0 Å². The van der Waals surface area contributed by atoms with Crippen LogP contribution < -0.4 is 10.6 Å². The van der Waals surface area contributed by atoms with Crippen LogP contribution in [0.2, 0.25) is 0 Å². The summed E-state index contributed by atoms with van der Waals surface area (Å²) in [7, 11) is 0. The van der Waals surface area contributed by atoms with Gasteiger partial charge in [0.25, 0.3) is 0 Å². The average molecular weight is 280 g/mol. The van der Waals surface area contributed by atoms with Crippen LogP contribution in [0.1, 0.15) is 39.3 Å². The third kappa shape index (κ3) is 6.12. The molecule has 0 aliphatic heterocycles. The van der Waals surface area contributed by atoms with Gasteiger partial charge in [-0.05, 0) is 51.6 Å². The van der Waals surface area contributed by atoms with Crippen molar-refractivity contribution in [2.24, 2.45) is 0 Å². The highest BCUT2D eigenvalue weighted by atomic mass is 32.2. The van der Waals surface area contributed by atoms with E-state index in [1.54, 1.807) is 11.8 Å². The van der Waals surface area contributed by atoms with Crippen molar-refractivity contribution < 1.29 is 4.79 Å². The normalized spacial score (nSPS) is 13.1. The summed E-state index contributed by atoms with van der Waals surface area (Å²) in [6.45, 7) is 8.35. The maximum atomic E-state index is 11.7. The lowest BCUT2D eigenvalue weighted by Gasteiger charge is -2.21. The van der Waals surface area contributed by atoms with E-state index in [2.05, 4.69) is 48.1 Å². The molecule has 0 bridgehead atoms. The summed E-state index contributed by atoms with van der Waals surface area (Å²) < 4.78 is 0. The van der Waals surface area contributed by atoms with E-state index >= 15 is 0 Å². The van der Waals surface area contributed by atoms with Gasteiger partial charge >= 0.3 is 0 Å². The second-order valence-electron chi connectivity index (χ2n) is 5.67. The lowest BCUT2D eigenvalue weighted by molar-refractivity contribution is -0.121. The van der Waals surface area contributed by atoms with Gasteiger partial charge in [-0.3, -0.25) is 4.79 Å². The Bertz CT molecular complexity index is 409. The number of hydrogen-bond acceptors (Lipinski definition) is 3. The molecule has 19 heavy (non-hydrogen) atoms. The van der Waals surface area contributed by atoms with E-state index in [0.29, 0.717) is 6.54 Å². The number of carbonyl (C=O) groups is 1. The molecule has 1 aromatic rings. The zero-order chi connectivity index (χ0) is 14.5. The summed E-state index contributed by atoms with van der Waals surface area (Å²) in [6.07, 6.45) is 2.06. The average Bonchev–Trinajstić information content (AvgIpc) is 2.34. The maximum absolute atomic E-state index is 11.7. The van der Waals surface area contributed by atoms with Gasteiger partial charge in [0.05, 0.1) is 6.54 Å². The molecule has 0 saturated heterocycles. The van der Waals surface area contributed by atoms with E-state index in [4.69, 9.17) is 0 Å². The largest absolute Gasteiger partial charge is 0.350 e. The molecule has 0 radical (unpaired) electrons. The van der Waals surface area contributed by atoms with Crippen molar-refractivity contribution in [3.8, 4) is 0 Å². The number of carbonyl (C=O) groups excluding carboxylic acids is 1. The molecule has 0 fully saturated rings. The third-order valence-corrected chi connectivity index (χ3v) is 3.44. The van der Waals surface area contributed by atoms with Crippen LogP contribution in [-0.4, -0.2) is 24.2 Å². The van der Waals surface area contributed by atoms with Gasteiger partial charge in [-0.15, -0.1) is 11.8 Å². The molecular formula is C15H24N2OS. The Labute approximate surface area is 120 Å². The summed E-state index contributed by atoms with van der Waals surface area (Å²) in [5, 5.41) is 6.18. The van der Waals surface area contributed by atoms with Crippen molar-refractivity contribution >= 4 is 17.7 Å². The molecule has 1 atom stereocenters. The fourth-order valence-electron chi connectivity index (χ4n) is 1.72. The third-order valence-electron chi connectivity index (χ3n) is 2.70. The molecule has 2 N–H and O–H groups in total. The van der Waals surface area contributed by atoms with Gasteiger partial charge in [0.1, 0.15) is 0 Å². The molecule has 106 valence electrons. The van der Waals surface area contributed by atoms with Crippen LogP contribution in [0.25, 0.3) is 0 Å². The highest BCUT2D eigenvalue weighted by molar-refractivity contribution is 7.98. The molecule has 1 amide bonds. The highest BCUT2D eigenvalue weighted by Crippen LogP contribution is 2.18. The minimum atomic E-state index is -0.179. The summed E-state index contributed by atoms with van der Waals surface area (Å²) in [6, 6.07) is 8.58. The minimum absolute atomic E-state index is 0.0279. The van der Waals surface area contributed by atoms with Crippen LogP contribution in [0.5, 0.6) is 0 Å². The molecule has 1 aromatic carbocycles. The monoisotopic (exact) mass is 280 g/mol. The number of benzene rings is 1. The maximum Gasteiger partial charge on any atom is 0.234 e. The lowest BCUT2D eigenvalue weighted by Crippen LogP contribution is -2.45. The van der Waals surface area contributed by atoms with E-state index in [0.717, 1.165) is 0 Å². The van der Waals surface area contributed by atoms with E-state index in [1.807, 2.05) is 20.8 Å². The summed E-state index contributed by atoms with van der Waals surface area (Å²) >= 11 is 1.73. The van der Waals surface area contributed by atoms with Crippen LogP contribution in [-0.2, 0) is 4.79 Å². The van der Waals surface area contributed by atoms with Gasteiger partial charge in [0.2, 0.25) is 5.91 Å². The van der Waals surface area contributed by atoms with Crippen molar-refractivity contribution in [3.63, 3.8) is 0 Å². The number of nitrogens with one attached hydrogen (secondary N) is 2. The van der Waals surface area contributed by atoms with Gasteiger partial charge in [-0.1, -0.05) is 12.1 Å². The van der Waals surface area contributed by atoms with Crippen LogP contribution in [0.3, 0.4) is 0 Å². The Morgan fingerprint density at radius 3 is 2.32 bits per heavy atom. The zero-order valence-corrected chi connectivity index (χ0v) is 13.2. The van der Waals surface area contributed by atoms with Gasteiger partial charge in [-0.25, -0.2) is 0 Å². The number of hydrogen-bond donors (Lipinski definition) is 2. The molecular weight excluding hydrogens is 256 g/mol. The summed E-state index contributed by atoms with van der Waals surface area (Å²) in [5.41, 5.74) is 1.02. The minimum Gasteiger partial charge on any atom is -0.350 e. The van der Waals surface area contributed by atoms with Crippen molar-refractivity contribution in [1.82, 2.24) is 10.6 Å². The topological polar surface area (TPSA) is 41.1 Å². The Hall–Kier alpha value is -1.00. The van der Waals surface area contributed by atoms with E-state index in [-0.39, 0.29) is 17.5 Å². The molecule has 0 saturated carbocycles. The van der Waals surface area contributed by atoms with Crippen LogP contribution in [0.15, 0.2) is 29.2 Å². The van der Waals surface area contributed by atoms with Crippen molar-refractivity contribution in [3.05, 3.63) is 29.8 Å². The number of amides is 1. The zero-order valence-electron chi connectivity index (χ0n) is 12.4. The van der Waals surface area contributed by atoms with E-state index < -0.39 is 0 Å². The molecule has 1 rings (SSSR count). The molecule has 4 heteroatoms. The Balaban J connectivity index is 2.46. The second-order valence-corrected chi connectivity index (χ2v) is 6.55. The first kappa shape index (κ1) is 16.1. The Morgan fingerprint density at radius 2 is 1.84 bits per heavy atom. The predicted molar refractivity (Wildman–Crippen MR) is 82.5 cm³/mol. The fourth-order valence-corrected chi connectivity index (χ4v) is 2.13. The SMILES string of the molecule is CSc1ccc(C(C)NCC(=O)NC(C)(C)C)cc1. The Morgan fingerprint density at radius 1 is 1.26 bits per heavy atom. The fraction of sp³-hybridized carbons (Fsp3) is 0.533. The molecule has 0 spiro atoms. The van der Waals surface area contributed by atoms with Crippen LogP contribution in [0.4, 0.5) is 0 Å². The van der Waals surface area contributed by atoms with E-state index in [1.165, 1.54) is 10.5 Å². The van der Waals surface area contributed by atoms with Gasteiger partial charge in [0.15, 0.2) is 0 Å². The van der Waals surface area contributed by atoms with Gasteiger partial charge in [0, 0.05) is 16.5 Å². The molecule has 0 aromatic heterocycles. The van der Waals surface area contributed by atoms with Crippen LogP contribution >= 0.6 is 11.8 Å². The molecule has 3 nitrogen and oxygen atoms in total. The smallest absolute Gasteiger partial charge is 0.234 e. The van der Waals surface area contributed by atoms with Crippen molar-refractivity contribution in [1.29, 1.82) is 0 Å². The molecule has 0 aliphatic rings.